The second kappa shape index (κ2) is 5.77. The van der Waals surface area contributed by atoms with E-state index in [1.807, 2.05) is 0 Å². The Hall–Kier alpha value is -2.02. The molecule has 1 N–H and O–H groups in total. The van der Waals surface area contributed by atoms with E-state index in [-0.39, 0.29) is 12.0 Å². The molecule has 0 bridgehead atoms. The quantitative estimate of drug-likeness (QED) is 0.858. The zero-order valence-corrected chi connectivity index (χ0v) is 11.5. The van der Waals surface area contributed by atoms with Gasteiger partial charge in [0.2, 0.25) is 0 Å². The number of ether oxygens (including phenoxy) is 1. The van der Waals surface area contributed by atoms with Gasteiger partial charge in [0.1, 0.15) is 6.04 Å². The highest BCUT2D eigenvalue weighted by Gasteiger charge is 2.48. The van der Waals surface area contributed by atoms with Gasteiger partial charge in [-0.15, -0.1) is 0 Å². The lowest BCUT2D eigenvalue weighted by Gasteiger charge is -2.26. The van der Waals surface area contributed by atoms with E-state index in [4.69, 9.17) is 0 Å². The molecule has 0 amide bonds. The van der Waals surface area contributed by atoms with Gasteiger partial charge in [0, 0.05) is 5.56 Å². The Balaban J connectivity index is 2.46. The van der Waals surface area contributed by atoms with Crippen molar-refractivity contribution in [1.82, 2.24) is 4.90 Å². The maximum absolute atomic E-state index is 14.0. The smallest absolute Gasteiger partial charge is 0.323 e. The minimum absolute atomic E-state index is 0.0148. The average Bonchev–Trinajstić information content (AvgIpc) is 2.79. The number of hydrogen-bond donors (Lipinski definition) is 1. The van der Waals surface area contributed by atoms with E-state index < -0.39 is 41.6 Å². The molecule has 1 aliphatic rings. The van der Waals surface area contributed by atoms with E-state index in [0.29, 0.717) is 0 Å². The van der Waals surface area contributed by atoms with Gasteiger partial charge in [-0.2, -0.15) is 0 Å². The van der Waals surface area contributed by atoms with Gasteiger partial charge in [-0.1, -0.05) is 12.1 Å². The molecule has 1 heterocycles. The SMILES string of the molecule is COC(=O)[C@@H]1C[C@H](C(=O)O)[C@H](c2cccc(F)c2F)N1C. The molecule has 1 saturated heterocycles. The van der Waals surface area contributed by atoms with E-state index in [9.17, 15) is 23.5 Å². The van der Waals surface area contributed by atoms with Crippen LogP contribution in [0.1, 0.15) is 18.0 Å². The molecule has 114 valence electrons. The van der Waals surface area contributed by atoms with E-state index in [1.165, 1.54) is 31.2 Å². The van der Waals surface area contributed by atoms with Crippen LogP contribution in [-0.4, -0.2) is 42.1 Å². The molecule has 1 aromatic carbocycles. The van der Waals surface area contributed by atoms with Crippen LogP contribution in [0, 0.1) is 17.6 Å². The van der Waals surface area contributed by atoms with Crippen LogP contribution in [0.15, 0.2) is 18.2 Å². The molecule has 0 spiro atoms. The Morgan fingerprint density at radius 3 is 2.62 bits per heavy atom. The molecule has 3 atom stereocenters. The lowest BCUT2D eigenvalue weighted by atomic mass is 9.93. The molecule has 1 aliphatic heterocycles. The van der Waals surface area contributed by atoms with Crippen molar-refractivity contribution in [3.05, 3.63) is 35.4 Å². The lowest BCUT2D eigenvalue weighted by molar-refractivity contribution is -0.145. The number of hydrogen-bond acceptors (Lipinski definition) is 4. The van der Waals surface area contributed by atoms with Gasteiger partial charge in [0.15, 0.2) is 11.6 Å². The highest BCUT2D eigenvalue weighted by molar-refractivity contribution is 5.79. The predicted octanol–water partition coefficient (Wildman–Crippen LogP) is 1.58. The van der Waals surface area contributed by atoms with Gasteiger partial charge in [-0.25, -0.2) is 8.78 Å². The Bertz CT molecular complexity index is 578. The first kappa shape index (κ1) is 15.4. The van der Waals surface area contributed by atoms with Crippen LogP contribution in [-0.2, 0) is 14.3 Å². The summed E-state index contributed by atoms with van der Waals surface area (Å²) < 4.78 is 32.0. The summed E-state index contributed by atoms with van der Waals surface area (Å²) in [6.07, 6.45) is -0.0148. The fourth-order valence-corrected chi connectivity index (χ4v) is 2.83. The summed E-state index contributed by atoms with van der Waals surface area (Å²) in [5, 5.41) is 9.30. The molecule has 1 fully saturated rings. The van der Waals surface area contributed by atoms with Crippen LogP contribution in [0.3, 0.4) is 0 Å². The summed E-state index contributed by atoms with van der Waals surface area (Å²) in [6.45, 7) is 0. The maximum Gasteiger partial charge on any atom is 0.323 e. The monoisotopic (exact) mass is 299 g/mol. The number of likely N-dealkylation sites (N-methyl/N-ethyl adjacent to an activating group) is 1. The van der Waals surface area contributed by atoms with Gasteiger partial charge < -0.3 is 9.84 Å². The number of methoxy groups -OCH3 is 1. The van der Waals surface area contributed by atoms with Crippen LogP contribution in [0.4, 0.5) is 8.78 Å². The largest absolute Gasteiger partial charge is 0.481 e. The van der Waals surface area contributed by atoms with Crippen molar-refractivity contribution in [3.8, 4) is 0 Å². The van der Waals surface area contributed by atoms with Gasteiger partial charge in [0.05, 0.1) is 19.1 Å². The number of rotatable bonds is 3. The second-order valence-corrected chi connectivity index (χ2v) is 4.97. The van der Waals surface area contributed by atoms with E-state index >= 15 is 0 Å². The molecular formula is C14H15F2NO4. The average molecular weight is 299 g/mol. The molecule has 5 nitrogen and oxygen atoms in total. The third-order valence-corrected chi connectivity index (χ3v) is 3.88. The van der Waals surface area contributed by atoms with Gasteiger partial charge in [0.25, 0.3) is 0 Å². The van der Waals surface area contributed by atoms with Gasteiger partial charge in [-0.3, -0.25) is 14.5 Å². The molecule has 0 unspecified atom stereocenters. The Morgan fingerprint density at radius 1 is 1.38 bits per heavy atom. The summed E-state index contributed by atoms with van der Waals surface area (Å²) >= 11 is 0. The third-order valence-electron chi connectivity index (χ3n) is 3.88. The fraction of sp³-hybridized carbons (Fsp3) is 0.429. The van der Waals surface area contributed by atoms with Crippen molar-refractivity contribution < 1.29 is 28.2 Å². The van der Waals surface area contributed by atoms with Crippen molar-refractivity contribution in [3.63, 3.8) is 0 Å². The first-order valence-corrected chi connectivity index (χ1v) is 6.35. The van der Waals surface area contributed by atoms with Crippen molar-refractivity contribution in [1.29, 1.82) is 0 Å². The Morgan fingerprint density at radius 2 is 2.05 bits per heavy atom. The number of benzene rings is 1. The zero-order chi connectivity index (χ0) is 15.7. The number of carbonyl (C=O) groups is 2. The molecule has 1 aromatic rings. The molecule has 0 radical (unpaired) electrons. The predicted molar refractivity (Wildman–Crippen MR) is 68.4 cm³/mol. The summed E-state index contributed by atoms with van der Waals surface area (Å²) in [7, 11) is 2.70. The van der Waals surface area contributed by atoms with Gasteiger partial charge in [-0.05, 0) is 19.5 Å². The van der Waals surface area contributed by atoms with E-state index in [1.54, 1.807) is 0 Å². The maximum atomic E-state index is 14.0. The molecule has 0 saturated carbocycles. The van der Waals surface area contributed by atoms with E-state index in [2.05, 4.69) is 4.74 Å². The summed E-state index contributed by atoms with van der Waals surface area (Å²) in [5.41, 5.74) is -0.0729. The number of esters is 1. The summed E-state index contributed by atoms with van der Waals surface area (Å²) in [6, 6.07) is 1.87. The summed E-state index contributed by atoms with van der Waals surface area (Å²) in [5.74, 6) is -4.92. The fourth-order valence-electron chi connectivity index (χ4n) is 2.83. The molecule has 0 aliphatic carbocycles. The first-order valence-electron chi connectivity index (χ1n) is 6.35. The van der Waals surface area contributed by atoms with Crippen LogP contribution in [0.5, 0.6) is 0 Å². The number of aliphatic carboxylic acids is 1. The van der Waals surface area contributed by atoms with E-state index in [0.717, 1.165) is 6.07 Å². The van der Waals surface area contributed by atoms with Crippen molar-refractivity contribution in [2.24, 2.45) is 5.92 Å². The van der Waals surface area contributed by atoms with Crippen LogP contribution >= 0.6 is 0 Å². The molecule has 0 aromatic heterocycles. The number of carboxylic acid groups (broad SMARTS) is 1. The molecular weight excluding hydrogens is 284 g/mol. The normalized spacial score (nSPS) is 25.8. The zero-order valence-electron chi connectivity index (χ0n) is 11.5. The highest BCUT2D eigenvalue weighted by atomic mass is 19.2. The number of halogens is 2. The number of carboxylic acids is 1. The van der Waals surface area contributed by atoms with Crippen LogP contribution < -0.4 is 0 Å². The van der Waals surface area contributed by atoms with Crippen molar-refractivity contribution >= 4 is 11.9 Å². The molecule has 21 heavy (non-hydrogen) atoms. The number of carbonyl (C=O) groups excluding carboxylic acids is 1. The van der Waals surface area contributed by atoms with Crippen molar-refractivity contribution in [2.45, 2.75) is 18.5 Å². The van der Waals surface area contributed by atoms with Crippen LogP contribution in [0.2, 0.25) is 0 Å². The number of likely N-dealkylation sites (tertiary alicyclic amines) is 1. The third kappa shape index (κ3) is 2.61. The standard InChI is InChI=1S/C14H15F2NO4/c1-17-10(14(20)21-2)6-8(13(18)19)12(17)7-4-3-5-9(15)11(7)16/h3-5,8,10,12H,6H2,1-2H3,(H,18,19)/t8-,10-,12-/m0/s1. The molecule has 2 rings (SSSR count). The second-order valence-electron chi connectivity index (χ2n) is 4.97. The number of nitrogens with zero attached hydrogens (tertiary/aromatic N) is 1. The topological polar surface area (TPSA) is 66.8 Å². The van der Waals surface area contributed by atoms with Crippen molar-refractivity contribution in [2.75, 3.05) is 14.2 Å². The Kier molecular flexibility index (Phi) is 4.22. The van der Waals surface area contributed by atoms with Gasteiger partial charge >= 0.3 is 11.9 Å². The van der Waals surface area contributed by atoms with Crippen LogP contribution in [0.25, 0.3) is 0 Å². The minimum atomic E-state index is -1.16. The summed E-state index contributed by atoms with van der Waals surface area (Å²) in [4.78, 5) is 24.5. The first-order chi connectivity index (χ1) is 9.88. The molecule has 7 heteroatoms. The minimum Gasteiger partial charge on any atom is -0.481 e. The highest BCUT2D eigenvalue weighted by Crippen LogP contribution is 2.41. The Labute approximate surface area is 120 Å². The lowest BCUT2D eigenvalue weighted by Crippen LogP contribution is -2.35.